The molecule has 2 fully saturated rings. The maximum absolute atomic E-state index is 11.3. The average Bonchev–Trinajstić information content (AvgIpc) is 2.32. The number of halogens is 3. The predicted molar refractivity (Wildman–Crippen MR) is 92.7 cm³/mol. The molecule has 0 aromatic heterocycles. The van der Waals surface area contributed by atoms with Gasteiger partial charge in [0.15, 0.2) is 0 Å². The van der Waals surface area contributed by atoms with Gasteiger partial charge in [0, 0.05) is 9.65 Å². The third-order valence-electron chi connectivity index (χ3n) is 5.42. The first-order chi connectivity index (χ1) is 9.34. The molecule has 0 amide bonds. The molecule has 6 unspecified atom stereocenters. The van der Waals surface area contributed by atoms with Gasteiger partial charge < -0.3 is 14.9 Å². The maximum Gasteiger partial charge on any atom is 0.120 e. The van der Waals surface area contributed by atoms with Crippen LogP contribution in [0.25, 0.3) is 0 Å². The lowest BCUT2D eigenvalue weighted by Crippen LogP contribution is -2.70. The fourth-order valence-corrected chi connectivity index (χ4v) is 4.84. The van der Waals surface area contributed by atoms with Crippen LogP contribution in [0.5, 0.6) is 0 Å². The van der Waals surface area contributed by atoms with Crippen molar-refractivity contribution in [2.75, 3.05) is 0 Å². The molecular formula is C15H25Br2ClO3. The van der Waals surface area contributed by atoms with Crippen LogP contribution in [0.15, 0.2) is 0 Å². The van der Waals surface area contributed by atoms with Crippen LogP contribution in [0.2, 0.25) is 0 Å². The molecular weight excluding hydrogens is 423 g/mol. The minimum absolute atomic E-state index is 0.0251. The summed E-state index contributed by atoms with van der Waals surface area (Å²) < 4.78 is 6.23. The van der Waals surface area contributed by atoms with Crippen molar-refractivity contribution in [1.29, 1.82) is 0 Å². The Balaban J connectivity index is 2.30. The fourth-order valence-electron chi connectivity index (χ4n) is 3.46. The second kappa shape index (κ2) is 5.59. The molecule has 1 aliphatic heterocycles. The van der Waals surface area contributed by atoms with E-state index in [0.29, 0.717) is 25.7 Å². The highest BCUT2D eigenvalue weighted by Crippen LogP contribution is 2.52. The molecule has 3 nitrogen and oxygen atoms in total. The lowest BCUT2D eigenvalue weighted by Gasteiger charge is -2.58. The highest BCUT2D eigenvalue weighted by Gasteiger charge is 2.61. The van der Waals surface area contributed by atoms with Crippen molar-refractivity contribution < 1.29 is 14.9 Å². The standard InChI is InChI=1S/C15H25Br2ClO3/c1-12(2)9(16)7-11(19)14(4,21-12)15(20)6-5-13(3,18)10(17)8-15/h9-11,19-20H,5-8H2,1-4H3. The molecule has 1 heterocycles. The van der Waals surface area contributed by atoms with Gasteiger partial charge in [0.2, 0.25) is 0 Å². The zero-order valence-corrected chi connectivity index (χ0v) is 16.9. The molecule has 0 radical (unpaired) electrons. The first kappa shape index (κ1) is 18.5. The quantitative estimate of drug-likeness (QED) is 0.601. The summed E-state index contributed by atoms with van der Waals surface area (Å²) in [5, 5.41) is 21.9. The first-order valence-corrected chi connectivity index (χ1v) is 9.63. The molecule has 0 bridgehead atoms. The number of hydrogen-bond acceptors (Lipinski definition) is 3. The Morgan fingerprint density at radius 2 is 1.67 bits per heavy atom. The van der Waals surface area contributed by atoms with E-state index in [-0.39, 0.29) is 14.5 Å². The van der Waals surface area contributed by atoms with Crippen molar-refractivity contribution >= 4 is 43.5 Å². The van der Waals surface area contributed by atoms with Crippen molar-refractivity contribution in [3.63, 3.8) is 0 Å². The number of aliphatic hydroxyl groups excluding tert-OH is 1. The van der Waals surface area contributed by atoms with E-state index in [9.17, 15) is 10.2 Å². The van der Waals surface area contributed by atoms with Crippen molar-refractivity contribution in [3.8, 4) is 0 Å². The molecule has 2 rings (SSSR count). The van der Waals surface area contributed by atoms with Crippen LogP contribution in [-0.2, 0) is 4.74 Å². The van der Waals surface area contributed by atoms with E-state index in [4.69, 9.17) is 16.3 Å². The molecule has 0 spiro atoms. The highest BCUT2D eigenvalue weighted by molar-refractivity contribution is 9.09. The highest BCUT2D eigenvalue weighted by atomic mass is 79.9. The SMILES string of the molecule is CC1(Cl)CCC(O)(C2(C)OC(C)(C)C(Br)CC2O)CC1Br. The maximum atomic E-state index is 11.3. The summed E-state index contributed by atoms with van der Waals surface area (Å²) >= 11 is 13.7. The lowest BCUT2D eigenvalue weighted by molar-refractivity contribution is -0.289. The van der Waals surface area contributed by atoms with Gasteiger partial charge in [0.1, 0.15) is 5.60 Å². The van der Waals surface area contributed by atoms with Crippen LogP contribution < -0.4 is 0 Å². The Morgan fingerprint density at radius 1 is 1.10 bits per heavy atom. The average molecular weight is 449 g/mol. The summed E-state index contributed by atoms with van der Waals surface area (Å²) in [6.45, 7) is 7.78. The van der Waals surface area contributed by atoms with Crippen LogP contribution in [0.1, 0.15) is 53.4 Å². The van der Waals surface area contributed by atoms with E-state index in [0.717, 1.165) is 0 Å². The molecule has 2 aliphatic rings. The van der Waals surface area contributed by atoms with E-state index in [1.165, 1.54) is 0 Å². The summed E-state index contributed by atoms with van der Waals surface area (Å²) in [6, 6.07) is 0. The van der Waals surface area contributed by atoms with Gasteiger partial charge in [-0.15, -0.1) is 11.6 Å². The van der Waals surface area contributed by atoms with Crippen molar-refractivity contribution in [2.45, 2.75) is 90.8 Å². The summed E-state index contributed by atoms with van der Waals surface area (Å²) in [6.07, 6.45) is 1.48. The topological polar surface area (TPSA) is 49.7 Å². The smallest absolute Gasteiger partial charge is 0.120 e. The van der Waals surface area contributed by atoms with E-state index < -0.39 is 22.9 Å². The van der Waals surface area contributed by atoms with Gasteiger partial charge in [-0.2, -0.15) is 0 Å². The molecule has 124 valence electrons. The second-order valence-electron chi connectivity index (χ2n) is 7.51. The molecule has 1 aliphatic carbocycles. The Labute approximate surface area is 149 Å². The fraction of sp³-hybridized carbons (Fsp3) is 1.00. The summed E-state index contributed by atoms with van der Waals surface area (Å²) in [4.78, 5) is -0.350. The number of alkyl halides is 3. The third-order valence-corrected chi connectivity index (χ3v) is 8.94. The normalized spacial score (nSPS) is 54.4. The van der Waals surface area contributed by atoms with E-state index in [2.05, 4.69) is 31.9 Å². The summed E-state index contributed by atoms with van der Waals surface area (Å²) in [7, 11) is 0. The lowest BCUT2D eigenvalue weighted by atomic mass is 9.66. The monoisotopic (exact) mass is 446 g/mol. The van der Waals surface area contributed by atoms with Gasteiger partial charge in [-0.25, -0.2) is 0 Å². The molecule has 21 heavy (non-hydrogen) atoms. The Kier molecular flexibility index (Phi) is 4.92. The zero-order chi connectivity index (χ0) is 16.3. The Bertz CT molecular complexity index is 418. The number of rotatable bonds is 1. The Hall–Kier alpha value is 1.13. The number of hydrogen-bond donors (Lipinski definition) is 2. The minimum atomic E-state index is -1.10. The van der Waals surface area contributed by atoms with Crippen LogP contribution in [-0.4, -0.2) is 47.6 Å². The van der Waals surface area contributed by atoms with Crippen molar-refractivity contribution in [2.24, 2.45) is 0 Å². The first-order valence-electron chi connectivity index (χ1n) is 7.42. The largest absolute Gasteiger partial charge is 0.390 e. The van der Waals surface area contributed by atoms with Crippen LogP contribution in [0.3, 0.4) is 0 Å². The molecule has 6 heteroatoms. The predicted octanol–water partition coefficient (Wildman–Crippen LogP) is 3.74. The molecule has 6 atom stereocenters. The summed E-state index contributed by atoms with van der Waals surface area (Å²) in [5.74, 6) is 0. The Morgan fingerprint density at radius 3 is 2.19 bits per heavy atom. The summed E-state index contributed by atoms with van der Waals surface area (Å²) in [5.41, 5.74) is -2.55. The number of aliphatic hydroxyl groups is 2. The van der Waals surface area contributed by atoms with Crippen molar-refractivity contribution in [1.82, 2.24) is 0 Å². The van der Waals surface area contributed by atoms with Crippen molar-refractivity contribution in [3.05, 3.63) is 0 Å². The van der Waals surface area contributed by atoms with Gasteiger partial charge in [-0.05, 0) is 53.4 Å². The van der Waals surface area contributed by atoms with E-state index in [1.54, 1.807) is 0 Å². The van der Waals surface area contributed by atoms with Gasteiger partial charge in [0.25, 0.3) is 0 Å². The number of ether oxygens (including phenoxy) is 1. The molecule has 1 saturated heterocycles. The van der Waals surface area contributed by atoms with Gasteiger partial charge in [-0.1, -0.05) is 31.9 Å². The van der Waals surface area contributed by atoms with Crippen LogP contribution >= 0.6 is 43.5 Å². The molecule has 0 aromatic carbocycles. The van der Waals surface area contributed by atoms with Gasteiger partial charge >= 0.3 is 0 Å². The van der Waals surface area contributed by atoms with Crippen LogP contribution in [0, 0.1) is 0 Å². The second-order valence-corrected chi connectivity index (χ2v) is 10.6. The minimum Gasteiger partial charge on any atom is -0.390 e. The van der Waals surface area contributed by atoms with E-state index in [1.807, 2.05) is 27.7 Å². The van der Waals surface area contributed by atoms with E-state index >= 15 is 0 Å². The molecule has 2 N–H and O–H groups in total. The van der Waals surface area contributed by atoms with Gasteiger partial charge in [-0.3, -0.25) is 0 Å². The zero-order valence-electron chi connectivity index (χ0n) is 13.0. The van der Waals surface area contributed by atoms with Crippen LogP contribution in [0.4, 0.5) is 0 Å². The molecule has 1 saturated carbocycles. The third kappa shape index (κ3) is 3.08. The van der Waals surface area contributed by atoms with Gasteiger partial charge in [0.05, 0.1) is 22.2 Å². The molecule has 0 aromatic rings.